The van der Waals surface area contributed by atoms with Crippen LogP contribution in [0, 0.1) is 0 Å². The summed E-state index contributed by atoms with van der Waals surface area (Å²) in [6.45, 7) is 2.52. The highest BCUT2D eigenvalue weighted by atomic mass is 19.3. The Kier molecular flexibility index (Phi) is 3.93. The molecule has 2 aliphatic rings. The number of nitrogens with zero attached hydrogens (tertiary/aromatic N) is 1. The minimum Gasteiger partial charge on any atom is -0.506 e. The number of amides is 2. The standard InChI is InChI=1S/C20H13F2NO6/c1-9(24)11-3-5-14-13(7-11)17(19(27)23(14)10(2)25)18(26)12-4-6-15-16(8-12)29-20(21,22)28-15/h3-8,26H,1-2H3. The van der Waals surface area contributed by atoms with Gasteiger partial charge in [0.15, 0.2) is 17.3 Å². The molecule has 4 rings (SSSR count). The Labute approximate surface area is 162 Å². The van der Waals surface area contributed by atoms with Crippen LogP contribution in [0.25, 0.3) is 11.3 Å². The number of alkyl halides is 2. The predicted molar refractivity (Wildman–Crippen MR) is 96.7 cm³/mol. The molecule has 0 saturated carbocycles. The number of Topliss-reactive ketones (excluding diaryl/α,β-unsaturated/α-hetero) is 1. The first-order chi connectivity index (χ1) is 13.6. The molecular weight excluding hydrogens is 388 g/mol. The second-order valence-corrected chi connectivity index (χ2v) is 6.50. The van der Waals surface area contributed by atoms with E-state index in [9.17, 15) is 28.3 Å². The number of halogens is 2. The van der Waals surface area contributed by atoms with Crippen LogP contribution in [0.4, 0.5) is 14.5 Å². The average molecular weight is 401 g/mol. The Morgan fingerprint density at radius 3 is 2.31 bits per heavy atom. The molecule has 2 heterocycles. The summed E-state index contributed by atoms with van der Waals surface area (Å²) in [5, 5.41) is 10.8. The molecule has 0 aliphatic carbocycles. The molecule has 7 nitrogen and oxygen atoms in total. The predicted octanol–water partition coefficient (Wildman–Crippen LogP) is 3.53. The number of anilines is 1. The Morgan fingerprint density at radius 1 is 1.00 bits per heavy atom. The summed E-state index contributed by atoms with van der Waals surface area (Å²) in [7, 11) is 0. The second-order valence-electron chi connectivity index (χ2n) is 6.50. The Balaban J connectivity index is 1.89. The topological polar surface area (TPSA) is 93.1 Å². The van der Waals surface area contributed by atoms with E-state index in [1.165, 1.54) is 38.1 Å². The van der Waals surface area contributed by atoms with Crippen molar-refractivity contribution < 1.29 is 37.7 Å². The van der Waals surface area contributed by atoms with E-state index in [4.69, 9.17) is 0 Å². The summed E-state index contributed by atoms with van der Waals surface area (Å²) in [5.74, 6) is -2.74. The van der Waals surface area contributed by atoms with E-state index in [1.807, 2.05) is 0 Å². The number of carbonyl (C=O) groups is 3. The molecule has 2 aliphatic heterocycles. The van der Waals surface area contributed by atoms with Crippen molar-refractivity contribution in [1.29, 1.82) is 0 Å². The minimum absolute atomic E-state index is 0.00187. The lowest BCUT2D eigenvalue weighted by Gasteiger charge is -2.12. The van der Waals surface area contributed by atoms with E-state index in [2.05, 4.69) is 9.47 Å². The van der Waals surface area contributed by atoms with Crippen LogP contribution < -0.4 is 14.4 Å². The van der Waals surface area contributed by atoms with Crippen molar-refractivity contribution in [1.82, 2.24) is 0 Å². The molecule has 1 N–H and O–H groups in total. The van der Waals surface area contributed by atoms with E-state index in [1.54, 1.807) is 0 Å². The summed E-state index contributed by atoms with van der Waals surface area (Å²) in [6, 6.07) is 7.82. The summed E-state index contributed by atoms with van der Waals surface area (Å²) in [6.07, 6.45) is -3.83. The zero-order valence-electron chi connectivity index (χ0n) is 15.2. The number of rotatable bonds is 2. The van der Waals surface area contributed by atoms with E-state index < -0.39 is 23.9 Å². The molecule has 0 fully saturated rings. The van der Waals surface area contributed by atoms with Crippen LogP contribution in [0.5, 0.6) is 11.5 Å². The van der Waals surface area contributed by atoms with Crippen molar-refractivity contribution in [2.75, 3.05) is 4.90 Å². The van der Waals surface area contributed by atoms with Crippen molar-refractivity contribution in [2.24, 2.45) is 0 Å². The maximum Gasteiger partial charge on any atom is 0.586 e. The smallest absolute Gasteiger partial charge is 0.506 e. The minimum atomic E-state index is -3.83. The summed E-state index contributed by atoms with van der Waals surface area (Å²) >= 11 is 0. The highest BCUT2D eigenvalue weighted by molar-refractivity contribution is 6.43. The van der Waals surface area contributed by atoms with Crippen molar-refractivity contribution in [3.05, 3.63) is 53.1 Å². The third-order valence-corrected chi connectivity index (χ3v) is 4.56. The van der Waals surface area contributed by atoms with Gasteiger partial charge in [0.1, 0.15) is 5.76 Å². The Morgan fingerprint density at radius 2 is 1.66 bits per heavy atom. The van der Waals surface area contributed by atoms with Crippen LogP contribution in [0.3, 0.4) is 0 Å². The van der Waals surface area contributed by atoms with E-state index in [0.29, 0.717) is 0 Å². The molecule has 0 aromatic heterocycles. The van der Waals surface area contributed by atoms with Gasteiger partial charge in [0.2, 0.25) is 5.91 Å². The highest BCUT2D eigenvalue weighted by Gasteiger charge is 2.44. The lowest BCUT2D eigenvalue weighted by atomic mass is 9.99. The SMILES string of the molecule is CC(=O)c1ccc2c(c1)C(=C(O)c1ccc3c(c1)OC(F)(F)O3)C(=O)N2C(C)=O. The van der Waals surface area contributed by atoms with Gasteiger partial charge in [0.05, 0.1) is 11.3 Å². The van der Waals surface area contributed by atoms with Gasteiger partial charge in [-0.15, -0.1) is 8.78 Å². The lowest BCUT2D eigenvalue weighted by molar-refractivity contribution is -0.286. The maximum absolute atomic E-state index is 13.2. The molecule has 0 radical (unpaired) electrons. The van der Waals surface area contributed by atoms with Gasteiger partial charge in [-0.2, -0.15) is 0 Å². The molecule has 2 aromatic carbocycles. The number of aliphatic hydroxyl groups excluding tert-OH is 1. The van der Waals surface area contributed by atoms with Crippen LogP contribution in [-0.4, -0.2) is 29.0 Å². The lowest BCUT2D eigenvalue weighted by Crippen LogP contribution is -2.31. The fourth-order valence-corrected chi connectivity index (χ4v) is 3.27. The molecule has 0 saturated heterocycles. The zero-order valence-corrected chi connectivity index (χ0v) is 15.2. The van der Waals surface area contributed by atoms with Crippen LogP contribution in [0.1, 0.15) is 35.3 Å². The van der Waals surface area contributed by atoms with Gasteiger partial charge >= 0.3 is 6.29 Å². The number of ketones is 1. The number of imide groups is 1. The quantitative estimate of drug-likeness (QED) is 0.470. The number of fused-ring (bicyclic) bond motifs is 2. The van der Waals surface area contributed by atoms with Crippen LogP contribution in [0.2, 0.25) is 0 Å². The fraction of sp³-hybridized carbons (Fsp3) is 0.150. The molecule has 2 aromatic rings. The number of hydrogen-bond acceptors (Lipinski definition) is 6. The van der Waals surface area contributed by atoms with Gasteiger partial charge in [-0.05, 0) is 43.3 Å². The van der Waals surface area contributed by atoms with Gasteiger partial charge in [-0.3, -0.25) is 14.4 Å². The van der Waals surface area contributed by atoms with Gasteiger partial charge in [-0.1, -0.05) is 0 Å². The molecule has 0 bridgehead atoms. The van der Waals surface area contributed by atoms with E-state index in [0.717, 1.165) is 17.0 Å². The van der Waals surface area contributed by atoms with E-state index >= 15 is 0 Å². The zero-order chi connectivity index (χ0) is 21.1. The Bertz CT molecular complexity index is 1140. The first kappa shape index (κ1) is 18.6. The van der Waals surface area contributed by atoms with Crippen LogP contribution in [-0.2, 0) is 9.59 Å². The number of carbonyl (C=O) groups excluding carboxylic acids is 3. The number of aliphatic hydroxyl groups is 1. The molecule has 148 valence electrons. The number of ether oxygens (including phenoxy) is 2. The highest BCUT2D eigenvalue weighted by Crippen LogP contribution is 2.45. The normalized spacial score (nSPS) is 17.9. The molecular formula is C20H13F2NO6. The Hall–Kier alpha value is -3.75. The van der Waals surface area contributed by atoms with Crippen molar-refractivity contribution in [3.63, 3.8) is 0 Å². The van der Waals surface area contributed by atoms with Gasteiger partial charge in [0, 0.05) is 23.6 Å². The van der Waals surface area contributed by atoms with Crippen LogP contribution in [0.15, 0.2) is 36.4 Å². The summed E-state index contributed by atoms with van der Waals surface area (Å²) in [5.41, 5.74) is 0.430. The molecule has 0 spiro atoms. The van der Waals surface area contributed by atoms with Gasteiger partial charge in [-0.25, -0.2) is 4.90 Å². The van der Waals surface area contributed by atoms with Crippen molar-refractivity contribution in [2.45, 2.75) is 20.1 Å². The first-order valence-corrected chi connectivity index (χ1v) is 8.43. The number of benzene rings is 2. The van der Waals surface area contributed by atoms with Crippen molar-refractivity contribution in [3.8, 4) is 11.5 Å². The van der Waals surface area contributed by atoms with Gasteiger partial charge < -0.3 is 14.6 Å². The van der Waals surface area contributed by atoms with Gasteiger partial charge in [0.25, 0.3) is 5.91 Å². The first-order valence-electron chi connectivity index (χ1n) is 8.43. The third kappa shape index (κ3) is 2.91. The molecule has 0 atom stereocenters. The molecule has 9 heteroatoms. The average Bonchev–Trinajstić information content (AvgIpc) is 3.10. The van der Waals surface area contributed by atoms with Crippen LogP contribution >= 0.6 is 0 Å². The molecule has 2 amide bonds. The molecule has 0 unspecified atom stereocenters. The maximum atomic E-state index is 13.2. The third-order valence-electron chi connectivity index (χ3n) is 4.56. The second kappa shape index (κ2) is 6.13. The fourth-order valence-electron chi connectivity index (χ4n) is 3.27. The van der Waals surface area contributed by atoms with Crippen molar-refractivity contribution >= 4 is 34.6 Å². The summed E-state index contributed by atoms with van der Waals surface area (Å²) in [4.78, 5) is 37.4. The monoisotopic (exact) mass is 401 g/mol. The largest absolute Gasteiger partial charge is 0.586 e. The molecule has 29 heavy (non-hydrogen) atoms. The number of hydrogen-bond donors (Lipinski definition) is 1. The van der Waals surface area contributed by atoms with E-state index in [-0.39, 0.29) is 45.2 Å². The summed E-state index contributed by atoms with van der Waals surface area (Å²) < 4.78 is 35.2.